The number of aromatic nitrogens is 2. The van der Waals surface area contributed by atoms with Crippen LogP contribution >= 0.6 is 0 Å². The van der Waals surface area contributed by atoms with E-state index >= 15 is 0 Å². The number of nitrogens with one attached hydrogen (secondary N) is 2. The van der Waals surface area contributed by atoms with E-state index in [0.29, 0.717) is 18.8 Å². The van der Waals surface area contributed by atoms with Crippen molar-refractivity contribution < 1.29 is 9.59 Å². The maximum atomic E-state index is 11.8. The zero-order valence-corrected chi connectivity index (χ0v) is 11.6. The summed E-state index contributed by atoms with van der Waals surface area (Å²) in [5.74, 6) is 0.463. The Morgan fingerprint density at radius 2 is 2.00 bits per heavy atom. The highest BCUT2D eigenvalue weighted by Crippen LogP contribution is 2.09. The van der Waals surface area contributed by atoms with Gasteiger partial charge in [-0.2, -0.15) is 0 Å². The van der Waals surface area contributed by atoms with Gasteiger partial charge in [0.1, 0.15) is 5.82 Å². The van der Waals surface area contributed by atoms with Gasteiger partial charge in [-0.15, -0.1) is 10.2 Å². The van der Waals surface area contributed by atoms with E-state index in [1.807, 2.05) is 4.90 Å². The lowest BCUT2D eigenvalue weighted by atomic mass is 10.3. The molecule has 108 valence electrons. The van der Waals surface area contributed by atoms with E-state index in [9.17, 15) is 9.59 Å². The number of carbonyl (C=O) groups is 2. The van der Waals surface area contributed by atoms with Gasteiger partial charge in [-0.1, -0.05) is 0 Å². The van der Waals surface area contributed by atoms with Crippen LogP contribution in [0.4, 0.5) is 5.82 Å². The third-order valence-electron chi connectivity index (χ3n) is 3.23. The van der Waals surface area contributed by atoms with Crippen molar-refractivity contribution in [2.24, 2.45) is 0 Å². The van der Waals surface area contributed by atoms with Crippen molar-refractivity contribution in [3.8, 4) is 0 Å². The van der Waals surface area contributed by atoms with Crippen LogP contribution in [0, 0.1) is 0 Å². The summed E-state index contributed by atoms with van der Waals surface area (Å²) < 4.78 is 0. The Morgan fingerprint density at radius 1 is 1.25 bits per heavy atom. The molecule has 1 aliphatic heterocycles. The molecular formula is C13H19N5O2. The lowest BCUT2D eigenvalue weighted by Crippen LogP contribution is -2.29. The number of anilines is 1. The fourth-order valence-corrected chi connectivity index (χ4v) is 2.10. The molecule has 2 rings (SSSR count). The van der Waals surface area contributed by atoms with Crippen molar-refractivity contribution in [3.63, 3.8) is 0 Å². The number of hydrogen-bond donors (Lipinski definition) is 2. The maximum Gasteiger partial charge on any atom is 0.271 e. The zero-order chi connectivity index (χ0) is 14.4. The maximum absolute atomic E-state index is 11.8. The van der Waals surface area contributed by atoms with E-state index in [0.717, 1.165) is 25.9 Å². The molecule has 1 saturated heterocycles. The van der Waals surface area contributed by atoms with Crippen LogP contribution in [-0.2, 0) is 4.79 Å². The van der Waals surface area contributed by atoms with Gasteiger partial charge in [-0.3, -0.25) is 9.59 Å². The van der Waals surface area contributed by atoms with Crippen LogP contribution in [0.5, 0.6) is 0 Å². The van der Waals surface area contributed by atoms with Crippen LogP contribution in [0.15, 0.2) is 12.1 Å². The fraction of sp³-hybridized carbons (Fsp3) is 0.538. The molecule has 1 aromatic rings. The van der Waals surface area contributed by atoms with E-state index in [2.05, 4.69) is 20.8 Å². The Morgan fingerprint density at radius 3 is 2.60 bits per heavy atom. The van der Waals surface area contributed by atoms with Crippen molar-refractivity contribution in [2.45, 2.75) is 19.3 Å². The van der Waals surface area contributed by atoms with E-state index in [1.54, 1.807) is 19.2 Å². The summed E-state index contributed by atoms with van der Waals surface area (Å²) in [7, 11) is 1.54. The van der Waals surface area contributed by atoms with Gasteiger partial charge >= 0.3 is 0 Å². The van der Waals surface area contributed by atoms with Gasteiger partial charge in [0.2, 0.25) is 5.91 Å². The monoisotopic (exact) mass is 277 g/mol. The summed E-state index contributed by atoms with van der Waals surface area (Å²) in [5.41, 5.74) is 0.270. The quantitative estimate of drug-likeness (QED) is 0.806. The van der Waals surface area contributed by atoms with Crippen molar-refractivity contribution in [3.05, 3.63) is 17.8 Å². The molecule has 1 aliphatic rings. The second kappa shape index (κ2) is 6.83. The Bertz CT molecular complexity index is 468. The summed E-state index contributed by atoms with van der Waals surface area (Å²) in [5, 5.41) is 13.2. The second-order valence-electron chi connectivity index (χ2n) is 4.65. The summed E-state index contributed by atoms with van der Waals surface area (Å²) in [6.45, 7) is 2.27. The highest BCUT2D eigenvalue weighted by atomic mass is 16.2. The van der Waals surface area contributed by atoms with Crippen LogP contribution in [0.1, 0.15) is 29.8 Å². The largest absolute Gasteiger partial charge is 0.368 e. The average Bonchev–Trinajstić information content (AvgIpc) is 3.01. The highest BCUT2D eigenvalue weighted by Gasteiger charge is 2.17. The normalized spacial score (nSPS) is 14.2. The van der Waals surface area contributed by atoms with Crippen molar-refractivity contribution >= 4 is 17.6 Å². The standard InChI is InChI=1S/C13H19N5O2/c1-14-13(20)10-4-5-11(17-16-10)15-7-6-12(19)18-8-2-3-9-18/h4-5H,2-3,6-9H2,1H3,(H,14,20)(H,15,17). The first-order chi connectivity index (χ1) is 9.70. The molecule has 0 atom stereocenters. The Kier molecular flexibility index (Phi) is 4.86. The number of hydrogen-bond acceptors (Lipinski definition) is 5. The molecule has 20 heavy (non-hydrogen) atoms. The molecular weight excluding hydrogens is 258 g/mol. The second-order valence-corrected chi connectivity index (χ2v) is 4.65. The smallest absolute Gasteiger partial charge is 0.271 e. The number of rotatable bonds is 5. The summed E-state index contributed by atoms with van der Waals surface area (Å²) in [4.78, 5) is 25.0. The molecule has 2 amide bonds. The van der Waals surface area contributed by atoms with E-state index in [4.69, 9.17) is 0 Å². The molecule has 2 heterocycles. The molecule has 0 aromatic carbocycles. The van der Waals surface area contributed by atoms with Gasteiger partial charge in [0.15, 0.2) is 5.69 Å². The van der Waals surface area contributed by atoms with Crippen molar-refractivity contribution in [2.75, 3.05) is 32.0 Å². The molecule has 0 bridgehead atoms. The molecule has 7 nitrogen and oxygen atoms in total. The summed E-state index contributed by atoms with van der Waals surface area (Å²) >= 11 is 0. The van der Waals surface area contributed by atoms with E-state index in [-0.39, 0.29) is 17.5 Å². The lowest BCUT2D eigenvalue weighted by molar-refractivity contribution is -0.129. The van der Waals surface area contributed by atoms with Gasteiger partial charge < -0.3 is 15.5 Å². The molecule has 1 fully saturated rings. The van der Waals surface area contributed by atoms with E-state index in [1.165, 1.54) is 0 Å². The van der Waals surface area contributed by atoms with Crippen molar-refractivity contribution in [1.82, 2.24) is 20.4 Å². The molecule has 1 aromatic heterocycles. The Balaban J connectivity index is 1.76. The average molecular weight is 277 g/mol. The molecule has 7 heteroatoms. The number of likely N-dealkylation sites (tertiary alicyclic amines) is 1. The van der Waals surface area contributed by atoms with Crippen LogP contribution in [-0.4, -0.2) is 53.6 Å². The molecule has 2 N–H and O–H groups in total. The van der Waals surface area contributed by atoms with Crippen molar-refractivity contribution in [1.29, 1.82) is 0 Å². The molecule has 0 radical (unpaired) electrons. The SMILES string of the molecule is CNC(=O)c1ccc(NCCC(=O)N2CCCC2)nn1. The molecule has 0 aliphatic carbocycles. The van der Waals surface area contributed by atoms with Crippen LogP contribution in [0.3, 0.4) is 0 Å². The minimum absolute atomic E-state index is 0.171. The minimum Gasteiger partial charge on any atom is -0.368 e. The number of nitrogens with zero attached hydrogens (tertiary/aromatic N) is 3. The Labute approximate surface area is 117 Å². The molecule has 0 spiro atoms. The first-order valence-electron chi connectivity index (χ1n) is 6.78. The first-order valence-corrected chi connectivity index (χ1v) is 6.78. The zero-order valence-electron chi connectivity index (χ0n) is 11.6. The highest BCUT2D eigenvalue weighted by molar-refractivity contribution is 5.91. The molecule has 0 unspecified atom stereocenters. The van der Waals surface area contributed by atoms with Gasteiger partial charge in [-0.05, 0) is 25.0 Å². The lowest BCUT2D eigenvalue weighted by Gasteiger charge is -2.15. The summed E-state index contributed by atoms with van der Waals surface area (Å²) in [6.07, 6.45) is 2.65. The minimum atomic E-state index is -0.270. The fourth-order valence-electron chi connectivity index (χ4n) is 2.10. The first kappa shape index (κ1) is 14.2. The number of amides is 2. The van der Waals surface area contributed by atoms with Crippen LogP contribution < -0.4 is 10.6 Å². The van der Waals surface area contributed by atoms with Crippen LogP contribution in [0.25, 0.3) is 0 Å². The van der Waals surface area contributed by atoms with Gasteiger partial charge in [-0.25, -0.2) is 0 Å². The third kappa shape index (κ3) is 3.66. The van der Waals surface area contributed by atoms with E-state index < -0.39 is 0 Å². The number of carbonyl (C=O) groups excluding carboxylic acids is 2. The predicted molar refractivity (Wildman–Crippen MR) is 74.3 cm³/mol. The van der Waals surface area contributed by atoms with Gasteiger partial charge in [0.05, 0.1) is 0 Å². The van der Waals surface area contributed by atoms with Crippen LogP contribution in [0.2, 0.25) is 0 Å². The molecule has 0 saturated carbocycles. The van der Waals surface area contributed by atoms with Gasteiger partial charge in [0, 0.05) is 33.1 Å². The predicted octanol–water partition coefficient (Wildman–Crippen LogP) is 0.261. The Hall–Kier alpha value is -2.18. The summed E-state index contributed by atoms with van der Waals surface area (Å²) in [6, 6.07) is 3.27. The third-order valence-corrected chi connectivity index (χ3v) is 3.23. The topological polar surface area (TPSA) is 87.2 Å². The van der Waals surface area contributed by atoms with Gasteiger partial charge in [0.25, 0.3) is 5.91 Å².